The maximum Gasteiger partial charge on any atom is 0.295 e. The van der Waals surface area contributed by atoms with Crippen molar-refractivity contribution in [1.82, 2.24) is 4.57 Å². The van der Waals surface area contributed by atoms with Crippen molar-refractivity contribution in [2.24, 2.45) is 10.2 Å². The number of hydrogen-bond acceptors (Lipinski definition) is 5. The van der Waals surface area contributed by atoms with E-state index in [4.69, 9.17) is 0 Å². The van der Waals surface area contributed by atoms with Crippen molar-refractivity contribution in [1.29, 1.82) is 0 Å². The first-order valence-electron chi connectivity index (χ1n) is 9.09. The molecule has 1 heterocycles. The minimum Gasteiger partial charge on any atom is -0.493 e. The lowest BCUT2D eigenvalue weighted by Gasteiger charge is -2.07. The predicted molar refractivity (Wildman–Crippen MR) is 111 cm³/mol. The van der Waals surface area contributed by atoms with Gasteiger partial charge >= 0.3 is 0 Å². The van der Waals surface area contributed by atoms with Crippen molar-refractivity contribution in [2.75, 3.05) is 0 Å². The highest BCUT2D eigenvalue weighted by atomic mass is 16.6. The van der Waals surface area contributed by atoms with Gasteiger partial charge in [-0.2, -0.15) is 0 Å². The largest absolute Gasteiger partial charge is 0.493 e. The number of amides is 1. The molecular weight excluding hydrogens is 384 g/mol. The van der Waals surface area contributed by atoms with Gasteiger partial charge in [0.15, 0.2) is 5.69 Å². The molecule has 4 aromatic rings. The maximum absolute atomic E-state index is 12.3. The minimum atomic E-state index is -0.523. The molecule has 8 heteroatoms. The van der Waals surface area contributed by atoms with Gasteiger partial charge in [-0.15, -0.1) is 10.2 Å². The third-order valence-electron chi connectivity index (χ3n) is 4.64. The molecule has 148 valence electrons. The van der Waals surface area contributed by atoms with Crippen molar-refractivity contribution in [3.8, 4) is 5.88 Å². The number of rotatable bonds is 5. The molecule has 3 aromatic carbocycles. The normalized spacial score (nSPS) is 11.2. The van der Waals surface area contributed by atoms with Gasteiger partial charge in [0.25, 0.3) is 11.6 Å². The molecule has 1 amide bonds. The average Bonchev–Trinajstić information content (AvgIpc) is 3.04. The third kappa shape index (κ3) is 3.66. The van der Waals surface area contributed by atoms with E-state index in [2.05, 4.69) is 10.2 Å². The number of azo groups is 1. The molecule has 0 bridgehead atoms. The monoisotopic (exact) mass is 400 g/mol. The molecule has 0 atom stereocenters. The predicted octanol–water partition coefficient (Wildman–Crippen LogP) is 5.23. The number of nitro groups is 1. The van der Waals surface area contributed by atoms with Crippen LogP contribution in [0.15, 0.2) is 89.1 Å². The van der Waals surface area contributed by atoms with E-state index >= 15 is 0 Å². The van der Waals surface area contributed by atoms with E-state index in [1.54, 1.807) is 65.2 Å². The van der Waals surface area contributed by atoms with Gasteiger partial charge in [0.05, 0.1) is 17.0 Å². The van der Waals surface area contributed by atoms with Gasteiger partial charge in [-0.05, 0) is 23.8 Å². The van der Waals surface area contributed by atoms with Crippen LogP contribution in [0, 0.1) is 10.1 Å². The van der Waals surface area contributed by atoms with Crippen molar-refractivity contribution < 1.29 is 14.8 Å². The molecule has 0 radical (unpaired) electrons. The van der Waals surface area contributed by atoms with Crippen LogP contribution in [0.2, 0.25) is 0 Å². The van der Waals surface area contributed by atoms with Crippen LogP contribution in [0.3, 0.4) is 0 Å². The summed E-state index contributed by atoms with van der Waals surface area (Å²) < 4.78 is 1.58. The quantitative estimate of drug-likeness (QED) is 0.281. The molecule has 1 aromatic heterocycles. The summed E-state index contributed by atoms with van der Waals surface area (Å²) >= 11 is 0. The van der Waals surface area contributed by atoms with E-state index in [9.17, 15) is 20.0 Å². The Kier molecular flexibility index (Phi) is 5.04. The van der Waals surface area contributed by atoms with Gasteiger partial charge in [-0.25, -0.2) is 0 Å². The fraction of sp³-hybridized carbons (Fsp3) is 0.0455. The molecule has 4 rings (SSSR count). The van der Waals surface area contributed by atoms with Gasteiger partial charge in [-0.3, -0.25) is 14.9 Å². The van der Waals surface area contributed by atoms with E-state index in [0.29, 0.717) is 22.0 Å². The number of carbonyl (C=O) groups excluding carboxylic acids is 1. The lowest BCUT2D eigenvalue weighted by Crippen LogP contribution is -1.99. The van der Waals surface area contributed by atoms with E-state index in [1.807, 2.05) is 6.07 Å². The highest BCUT2D eigenvalue weighted by Gasteiger charge is 2.18. The van der Waals surface area contributed by atoms with Gasteiger partial charge in [0.2, 0.25) is 5.88 Å². The van der Waals surface area contributed by atoms with Crippen molar-refractivity contribution in [3.05, 3.63) is 100 Å². The molecule has 0 saturated heterocycles. The summed E-state index contributed by atoms with van der Waals surface area (Å²) in [5.74, 6) is -0.696. The Labute approximate surface area is 170 Å². The lowest BCUT2D eigenvalue weighted by atomic mass is 10.2. The SMILES string of the molecule is O=C(N=Nc1c(O)n(Cc2cccc([N+](=O)[O-])c2)c2ccccc12)c1ccccc1. The summed E-state index contributed by atoms with van der Waals surface area (Å²) in [7, 11) is 0. The Balaban J connectivity index is 1.73. The Hall–Kier alpha value is -4.33. The molecule has 0 fully saturated rings. The Morgan fingerprint density at radius 1 is 1.00 bits per heavy atom. The maximum atomic E-state index is 12.3. The van der Waals surface area contributed by atoms with Crippen LogP contribution in [-0.4, -0.2) is 20.5 Å². The number of non-ortho nitro benzene ring substituents is 1. The van der Waals surface area contributed by atoms with Crippen LogP contribution >= 0.6 is 0 Å². The number of carbonyl (C=O) groups is 1. The van der Waals surface area contributed by atoms with Gasteiger partial charge < -0.3 is 9.67 Å². The molecule has 30 heavy (non-hydrogen) atoms. The van der Waals surface area contributed by atoms with Crippen LogP contribution in [0.1, 0.15) is 15.9 Å². The number of aromatic hydroxyl groups is 1. The van der Waals surface area contributed by atoms with Crippen LogP contribution in [0.25, 0.3) is 10.9 Å². The molecule has 0 unspecified atom stereocenters. The van der Waals surface area contributed by atoms with Crippen LogP contribution in [-0.2, 0) is 6.54 Å². The second-order valence-corrected chi connectivity index (χ2v) is 6.57. The van der Waals surface area contributed by atoms with Crippen LogP contribution in [0.5, 0.6) is 5.88 Å². The first kappa shape index (κ1) is 19.0. The van der Waals surface area contributed by atoms with Crippen molar-refractivity contribution >= 4 is 28.2 Å². The highest BCUT2D eigenvalue weighted by molar-refractivity contribution is 5.97. The van der Waals surface area contributed by atoms with E-state index in [0.717, 1.165) is 0 Å². The average molecular weight is 400 g/mol. The Bertz CT molecular complexity index is 1280. The molecule has 0 aliphatic rings. The van der Waals surface area contributed by atoms with Gasteiger partial charge in [0, 0.05) is 23.1 Å². The summed E-state index contributed by atoms with van der Waals surface area (Å²) in [4.78, 5) is 22.8. The number of aromatic nitrogens is 1. The van der Waals surface area contributed by atoms with Gasteiger partial charge in [0.1, 0.15) is 0 Å². The standard InChI is InChI=1S/C22H16N4O4/c27-21(16-8-2-1-3-9-16)24-23-20-18-11-4-5-12-19(18)25(22(20)28)14-15-7-6-10-17(13-15)26(29)30/h1-13,28H,14H2. The molecular formula is C22H16N4O4. The highest BCUT2D eigenvalue weighted by Crippen LogP contribution is 2.39. The summed E-state index contributed by atoms with van der Waals surface area (Å²) in [5.41, 5.74) is 1.84. The zero-order valence-corrected chi connectivity index (χ0v) is 15.7. The van der Waals surface area contributed by atoms with Gasteiger partial charge in [-0.1, -0.05) is 48.5 Å². The van der Waals surface area contributed by atoms with Crippen molar-refractivity contribution in [2.45, 2.75) is 6.54 Å². The van der Waals surface area contributed by atoms with E-state index in [1.165, 1.54) is 12.1 Å². The third-order valence-corrected chi connectivity index (χ3v) is 4.64. The summed E-state index contributed by atoms with van der Waals surface area (Å²) in [5, 5.41) is 30.2. The molecule has 0 saturated carbocycles. The summed E-state index contributed by atoms with van der Waals surface area (Å²) in [6.07, 6.45) is 0. The fourth-order valence-corrected chi connectivity index (χ4v) is 3.22. The number of nitrogens with zero attached hydrogens (tertiary/aromatic N) is 4. The molecule has 0 spiro atoms. The molecule has 0 aliphatic carbocycles. The van der Waals surface area contributed by atoms with Crippen LogP contribution in [0.4, 0.5) is 11.4 Å². The number of nitro benzene ring substituents is 1. The van der Waals surface area contributed by atoms with Crippen LogP contribution < -0.4 is 0 Å². The lowest BCUT2D eigenvalue weighted by molar-refractivity contribution is -0.384. The Morgan fingerprint density at radius 3 is 2.50 bits per heavy atom. The van der Waals surface area contributed by atoms with E-state index < -0.39 is 10.8 Å². The number of benzene rings is 3. The molecule has 1 N–H and O–H groups in total. The second-order valence-electron chi connectivity index (χ2n) is 6.57. The zero-order valence-electron chi connectivity index (χ0n) is 15.7. The fourth-order valence-electron chi connectivity index (χ4n) is 3.22. The first-order chi connectivity index (χ1) is 14.5. The Morgan fingerprint density at radius 2 is 1.73 bits per heavy atom. The number of para-hydroxylation sites is 1. The zero-order chi connectivity index (χ0) is 21.1. The first-order valence-corrected chi connectivity index (χ1v) is 9.09. The number of fused-ring (bicyclic) bond motifs is 1. The van der Waals surface area contributed by atoms with E-state index in [-0.39, 0.29) is 23.8 Å². The summed E-state index contributed by atoms with van der Waals surface area (Å²) in [6, 6.07) is 21.9. The second kappa shape index (κ2) is 7.96. The molecule has 0 aliphatic heterocycles. The summed E-state index contributed by atoms with van der Waals surface area (Å²) in [6.45, 7) is 0.191. The topological polar surface area (TPSA) is 110 Å². The number of hydrogen-bond donors (Lipinski definition) is 1. The van der Waals surface area contributed by atoms with Crippen molar-refractivity contribution in [3.63, 3.8) is 0 Å². The minimum absolute atomic E-state index is 0.0307. The molecule has 8 nitrogen and oxygen atoms in total. The smallest absolute Gasteiger partial charge is 0.295 e.